The van der Waals surface area contributed by atoms with Gasteiger partial charge >= 0.3 is 6.18 Å². The van der Waals surface area contributed by atoms with E-state index in [0.29, 0.717) is 17.3 Å². The van der Waals surface area contributed by atoms with Gasteiger partial charge in [-0.2, -0.15) is 13.2 Å². The van der Waals surface area contributed by atoms with Crippen LogP contribution in [0.5, 0.6) is 0 Å². The van der Waals surface area contributed by atoms with Crippen molar-refractivity contribution in [3.63, 3.8) is 0 Å². The Morgan fingerprint density at radius 3 is 2.25 bits per heavy atom. The molecule has 0 spiro atoms. The molecule has 0 saturated heterocycles. The van der Waals surface area contributed by atoms with Gasteiger partial charge in [-0.3, -0.25) is 9.52 Å². The fraction of sp³-hybridized carbons (Fsp3) is 0.0556. The smallest absolute Gasteiger partial charge is 0.327 e. The summed E-state index contributed by atoms with van der Waals surface area (Å²) in [7, 11) is -4.78. The number of hydrogen-bond donors (Lipinski definition) is 2. The van der Waals surface area contributed by atoms with Gasteiger partial charge in [-0.15, -0.1) is 0 Å². The zero-order valence-electron chi connectivity index (χ0n) is 13.9. The average molecular weight is 412 g/mol. The molecule has 28 heavy (non-hydrogen) atoms. The molecule has 0 unspecified atom stereocenters. The standard InChI is InChI=1S/C18H12F4N2O3S/c19-14-7-6-12(11-4-2-1-3-5-11)8-15(14)24-28(26,27)16-9-13(18(20,21)22)10-23-17(16)25/h1-10,24H,(H,23,25). The van der Waals surface area contributed by atoms with E-state index >= 15 is 0 Å². The van der Waals surface area contributed by atoms with Crippen molar-refractivity contribution in [2.75, 3.05) is 4.72 Å². The minimum atomic E-state index is -4.87. The summed E-state index contributed by atoms with van der Waals surface area (Å²) in [6.45, 7) is 0. The normalized spacial score (nSPS) is 12.0. The van der Waals surface area contributed by atoms with Gasteiger partial charge in [-0.05, 0) is 29.3 Å². The highest BCUT2D eigenvalue weighted by molar-refractivity contribution is 7.92. The molecule has 3 rings (SSSR count). The van der Waals surface area contributed by atoms with Gasteiger partial charge in [0.05, 0.1) is 11.3 Å². The number of benzene rings is 2. The first kappa shape index (κ1) is 19.6. The predicted molar refractivity (Wildman–Crippen MR) is 94.7 cm³/mol. The van der Waals surface area contributed by atoms with E-state index in [4.69, 9.17) is 0 Å². The number of H-pyrrole nitrogens is 1. The van der Waals surface area contributed by atoms with Crippen LogP contribution in [0.3, 0.4) is 0 Å². The fourth-order valence-corrected chi connectivity index (χ4v) is 3.58. The molecule has 2 N–H and O–H groups in total. The quantitative estimate of drug-likeness (QED) is 0.636. The summed E-state index contributed by atoms with van der Waals surface area (Å²) in [6, 6.07) is 12.4. The summed E-state index contributed by atoms with van der Waals surface area (Å²) in [6.07, 6.45) is -4.51. The lowest BCUT2D eigenvalue weighted by Crippen LogP contribution is -2.24. The summed E-state index contributed by atoms with van der Waals surface area (Å²) < 4.78 is 79.3. The van der Waals surface area contributed by atoms with E-state index in [1.165, 1.54) is 12.1 Å². The van der Waals surface area contributed by atoms with Crippen LogP contribution in [0.4, 0.5) is 23.2 Å². The van der Waals surface area contributed by atoms with Gasteiger partial charge in [0.15, 0.2) is 4.90 Å². The number of anilines is 1. The van der Waals surface area contributed by atoms with E-state index in [-0.39, 0.29) is 6.07 Å². The van der Waals surface area contributed by atoms with E-state index in [0.717, 1.165) is 6.07 Å². The summed E-state index contributed by atoms with van der Waals surface area (Å²) in [5.74, 6) is -0.952. The number of nitrogens with one attached hydrogen (secondary N) is 2. The minimum Gasteiger partial charge on any atom is -0.327 e. The van der Waals surface area contributed by atoms with Crippen molar-refractivity contribution < 1.29 is 26.0 Å². The van der Waals surface area contributed by atoms with Crippen LogP contribution in [-0.2, 0) is 16.2 Å². The van der Waals surface area contributed by atoms with Crippen molar-refractivity contribution in [1.29, 1.82) is 0 Å². The van der Waals surface area contributed by atoms with Gasteiger partial charge in [-0.1, -0.05) is 36.4 Å². The summed E-state index contributed by atoms with van der Waals surface area (Å²) in [4.78, 5) is 12.3. The van der Waals surface area contributed by atoms with Crippen molar-refractivity contribution >= 4 is 15.7 Å². The third-order valence-electron chi connectivity index (χ3n) is 3.80. The van der Waals surface area contributed by atoms with Gasteiger partial charge in [0.1, 0.15) is 5.82 Å². The maximum Gasteiger partial charge on any atom is 0.417 e. The summed E-state index contributed by atoms with van der Waals surface area (Å²) in [5.41, 5.74) is -1.98. The molecule has 0 fully saturated rings. The minimum absolute atomic E-state index is 0.195. The van der Waals surface area contributed by atoms with Crippen molar-refractivity contribution in [2.45, 2.75) is 11.1 Å². The molecule has 0 radical (unpaired) electrons. The molecule has 10 heteroatoms. The van der Waals surface area contributed by atoms with E-state index in [1.807, 2.05) is 4.72 Å². The van der Waals surface area contributed by atoms with Crippen LogP contribution in [-0.4, -0.2) is 13.4 Å². The highest BCUT2D eigenvalue weighted by Gasteiger charge is 2.33. The van der Waals surface area contributed by atoms with Crippen molar-refractivity contribution in [3.8, 4) is 11.1 Å². The molecule has 2 aromatic carbocycles. The average Bonchev–Trinajstić information content (AvgIpc) is 2.63. The zero-order chi connectivity index (χ0) is 20.5. The second-order valence-corrected chi connectivity index (χ2v) is 7.40. The molecule has 0 atom stereocenters. The first-order chi connectivity index (χ1) is 13.1. The lowest BCUT2D eigenvalue weighted by molar-refractivity contribution is -0.138. The molecular weight excluding hydrogens is 400 g/mol. The Morgan fingerprint density at radius 2 is 1.61 bits per heavy atom. The van der Waals surface area contributed by atoms with Crippen molar-refractivity contribution in [3.05, 3.63) is 82.5 Å². The van der Waals surface area contributed by atoms with Crippen LogP contribution in [0.2, 0.25) is 0 Å². The number of halogens is 4. The van der Waals surface area contributed by atoms with Gasteiger partial charge in [0.25, 0.3) is 15.6 Å². The Balaban J connectivity index is 2.03. The number of rotatable bonds is 4. The molecule has 0 saturated carbocycles. The molecule has 1 heterocycles. The molecule has 5 nitrogen and oxygen atoms in total. The Kier molecular flexibility index (Phi) is 4.99. The lowest BCUT2D eigenvalue weighted by atomic mass is 10.1. The monoisotopic (exact) mass is 412 g/mol. The number of alkyl halides is 3. The van der Waals surface area contributed by atoms with Crippen LogP contribution in [0.15, 0.2) is 70.5 Å². The zero-order valence-corrected chi connectivity index (χ0v) is 14.7. The Morgan fingerprint density at radius 1 is 0.929 bits per heavy atom. The number of pyridine rings is 1. The van der Waals surface area contributed by atoms with Crippen LogP contribution in [0, 0.1) is 5.82 Å². The lowest BCUT2D eigenvalue weighted by Gasteiger charge is -2.12. The SMILES string of the molecule is O=c1[nH]cc(C(F)(F)F)cc1S(=O)(=O)Nc1cc(-c2ccccc2)ccc1F. The number of sulfonamides is 1. The third-order valence-corrected chi connectivity index (χ3v) is 5.17. The van der Waals surface area contributed by atoms with E-state index < -0.39 is 43.7 Å². The first-order valence-corrected chi connectivity index (χ1v) is 9.24. The number of aromatic nitrogens is 1. The molecule has 0 amide bonds. The summed E-state index contributed by atoms with van der Waals surface area (Å²) >= 11 is 0. The second-order valence-electron chi connectivity index (χ2n) is 5.75. The van der Waals surface area contributed by atoms with E-state index in [1.54, 1.807) is 35.3 Å². The predicted octanol–water partition coefficient (Wildman–Crippen LogP) is 4.00. The maximum absolute atomic E-state index is 14.1. The first-order valence-electron chi connectivity index (χ1n) is 7.76. The molecule has 146 valence electrons. The van der Waals surface area contributed by atoms with Crippen LogP contribution < -0.4 is 10.3 Å². The number of aromatic amines is 1. The largest absolute Gasteiger partial charge is 0.417 e. The Hall–Kier alpha value is -3.14. The maximum atomic E-state index is 14.1. The molecule has 0 aliphatic rings. The number of hydrogen-bond acceptors (Lipinski definition) is 3. The van der Waals surface area contributed by atoms with Crippen LogP contribution in [0.25, 0.3) is 11.1 Å². The molecule has 0 aliphatic carbocycles. The van der Waals surface area contributed by atoms with E-state index in [9.17, 15) is 30.8 Å². The highest BCUT2D eigenvalue weighted by atomic mass is 32.2. The molecule has 3 aromatic rings. The Bertz CT molecular complexity index is 1170. The Labute approximate surface area is 156 Å². The van der Waals surface area contributed by atoms with Crippen molar-refractivity contribution in [1.82, 2.24) is 4.98 Å². The van der Waals surface area contributed by atoms with Crippen LogP contribution >= 0.6 is 0 Å². The van der Waals surface area contributed by atoms with Gasteiger partial charge < -0.3 is 4.98 Å². The highest BCUT2D eigenvalue weighted by Crippen LogP contribution is 2.30. The molecule has 0 bridgehead atoms. The molecular formula is C18H12F4N2O3S. The van der Waals surface area contributed by atoms with Gasteiger partial charge in [0.2, 0.25) is 0 Å². The van der Waals surface area contributed by atoms with Crippen LogP contribution in [0.1, 0.15) is 5.56 Å². The van der Waals surface area contributed by atoms with Gasteiger partial charge in [0, 0.05) is 6.20 Å². The summed E-state index contributed by atoms with van der Waals surface area (Å²) in [5, 5.41) is 0. The topological polar surface area (TPSA) is 79.0 Å². The third kappa shape index (κ3) is 4.06. The second kappa shape index (κ2) is 7.12. The van der Waals surface area contributed by atoms with Gasteiger partial charge in [-0.25, -0.2) is 12.8 Å². The van der Waals surface area contributed by atoms with Crippen molar-refractivity contribution in [2.24, 2.45) is 0 Å². The fourth-order valence-electron chi connectivity index (χ4n) is 2.44. The van der Waals surface area contributed by atoms with E-state index in [2.05, 4.69) is 0 Å². The molecule has 1 aromatic heterocycles. The molecule has 0 aliphatic heterocycles.